The number of nitrogens with one attached hydrogen (secondary N) is 1. The van der Waals surface area contributed by atoms with Crippen LogP contribution in [-0.2, 0) is 16.8 Å². The zero-order valence-corrected chi connectivity index (χ0v) is 13.5. The van der Waals surface area contributed by atoms with Gasteiger partial charge >= 0.3 is 68.2 Å². The molecule has 0 aromatic heterocycles. The molecule has 16 heteroatoms. The minimum Gasteiger partial charge on any atom is -0.373 e. The molecule has 18 heavy (non-hydrogen) atoms. The van der Waals surface area contributed by atoms with Crippen molar-refractivity contribution >= 4 is 0 Å². The van der Waals surface area contributed by atoms with Crippen LogP contribution in [-0.4, -0.2) is 13.1 Å². The fourth-order valence-electron chi connectivity index (χ4n) is 0. The second-order valence-corrected chi connectivity index (χ2v) is 0.946. The first-order chi connectivity index (χ1) is 7.57. The molecule has 0 unspecified atom stereocenters. The van der Waals surface area contributed by atoms with Gasteiger partial charge in [0.05, 0.1) is 0 Å². The molecule has 0 rings (SSSR count). The zero-order valence-electron chi connectivity index (χ0n) is 9.32. The average Bonchev–Trinajstić information content (AvgIpc) is 2.22. The number of hydrogen-bond acceptors (Lipinski definition) is 3. The van der Waals surface area contributed by atoms with Crippen molar-refractivity contribution in [2.24, 2.45) is 11.5 Å². The molecule has 0 aromatic rings. The van der Waals surface area contributed by atoms with Crippen LogP contribution in [0.1, 0.15) is 0 Å². The van der Waals surface area contributed by atoms with Crippen LogP contribution in [0.5, 0.6) is 0 Å². The topological polar surface area (TPSA) is 288 Å². The first-order valence-electron chi connectivity index (χ1n) is 2.94. The van der Waals surface area contributed by atoms with Gasteiger partial charge in [-0.05, 0) is 10.4 Å². The summed E-state index contributed by atoms with van der Waals surface area (Å²) in [5.74, 6) is 0. The van der Waals surface area contributed by atoms with Crippen LogP contribution in [0.3, 0.4) is 0 Å². The Labute approximate surface area is 155 Å². The van der Waals surface area contributed by atoms with E-state index in [9.17, 15) is 0 Å². The molecule has 0 heterocycles. The standard InChI is InChI=1S/C2H8N2.Co.K.HN3.3N3/c3-1-2-4;;;4*1-3-2/h1-4H2;;;1H;;;/q;+3;+1;;3*-1. The Hall–Kier alpha value is -0.697. The van der Waals surface area contributed by atoms with Gasteiger partial charge in [0.25, 0.3) is 0 Å². The minimum absolute atomic E-state index is 0. The Morgan fingerprint density at radius 3 is 0.778 bits per heavy atom. The van der Waals surface area contributed by atoms with Crippen molar-refractivity contribution in [3.63, 3.8) is 0 Å². The molecular formula is C2H9CoKN14+. The van der Waals surface area contributed by atoms with E-state index in [1.807, 2.05) is 0 Å². The molecule has 0 aromatic carbocycles. The van der Waals surface area contributed by atoms with E-state index >= 15 is 0 Å². The zero-order chi connectivity index (χ0) is 14.2. The Bertz CT molecular complexity index is 174. The van der Waals surface area contributed by atoms with E-state index < -0.39 is 0 Å². The van der Waals surface area contributed by atoms with Gasteiger partial charge in [0, 0.05) is 13.1 Å². The summed E-state index contributed by atoms with van der Waals surface area (Å²) in [6.45, 7) is 1.19. The third kappa shape index (κ3) is 34100. The summed E-state index contributed by atoms with van der Waals surface area (Å²) in [7, 11) is 0. The smallest absolute Gasteiger partial charge is 0.373 e. The normalized spacial score (nSPS) is 3.44. The number of nitrogens with two attached hydrogens (primary N) is 2. The van der Waals surface area contributed by atoms with Crippen molar-refractivity contribution in [2.75, 3.05) is 13.1 Å². The largest absolute Gasteiger partial charge is 3.00 e. The van der Waals surface area contributed by atoms with Gasteiger partial charge in [0.2, 0.25) is 0 Å². The molecule has 0 aliphatic carbocycles. The van der Waals surface area contributed by atoms with Crippen LogP contribution in [0.2, 0.25) is 0 Å². The summed E-state index contributed by atoms with van der Waals surface area (Å²) >= 11 is 0. The number of nitrogens with zero attached hydrogens (tertiary/aromatic N) is 11. The molecule has 0 radical (unpaired) electrons. The van der Waals surface area contributed by atoms with Crippen LogP contribution >= 0.6 is 0 Å². The van der Waals surface area contributed by atoms with E-state index in [2.05, 4.69) is 0 Å². The molecule has 0 aliphatic heterocycles. The second-order valence-electron chi connectivity index (χ2n) is 0.946. The molecule has 14 nitrogen and oxygen atoms in total. The van der Waals surface area contributed by atoms with Crippen LogP contribution in [0.25, 0.3) is 58.4 Å². The maximum Gasteiger partial charge on any atom is 3.00 e. The first-order valence-corrected chi connectivity index (χ1v) is 2.94. The van der Waals surface area contributed by atoms with Gasteiger partial charge in [-0.1, -0.05) is 0 Å². The summed E-state index contributed by atoms with van der Waals surface area (Å²) in [5, 5.41) is 0. The molecule has 0 fully saturated rings. The molecule has 0 atom stereocenters. The van der Waals surface area contributed by atoms with Gasteiger partial charge < -0.3 is 44.7 Å². The summed E-state index contributed by atoms with van der Waals surface area (Å²) in [5.41, 5.74) is 62.6. The van der Waals surface area contributed by atoms with Crippen LogP contribution in [0.4, 0.5) is 0 Å². The number of hydrogen-bond donors (Lipinski definition) is 3. The maximum atomic E-state index is 6.86. The fraction of sp³-hybridized carbons (Fsp3) is 1.00. The van der Waals surface area contributed by atoms with Crippen molar-refractivity contribution in [3.05, 3.63) is 58.4 Å². The van der Waals surface area contributed by atoms with E-state index in [0.717, 1.165) is 0 Å². The monoisotopic (exact) mass is 327 g/mol. The Morgan fingerprint density at radius 1 is 0.722 bits per heavy atom. The molecule has 5 N–H and O–H groups in total. The molecule has 0 spiro atoms. The van der Waals surface area contributed by atoms with Crippen LogP contribution in [0.15, 0.2) is 0 Å². The van der Waals surface area contributed by atoms with E-state index in [0.29, 0.717) is 13.1 Å². The summed E-state index contributed by atoms with van der Waals surface area (Å²) in [6, 6.07) is 0. The Morgan fingerprint density at radius 2 is 0.778 bits per heavy atom. The summed E-state index contributed by atoms with van der Waals surface area (Å²) in [6.07, 6.45) is 0. The fourth-order valence-corrected chi connectivity index (χ4v) is 0. The third-order valence-electron chi connectivity index (χ3n) is 0.167. The Kier molecular flexibility index (Phi) is 327. The first kappa shape index (κ1) is 43.3. The van der Waals surface area contributed by atoms with Crippen molar-refractivity contribution in [3.8, 4) is 0 Å². The van der Waals surface area contributed by atoms with Gasteiger partial charge in [-0.2, -0.15) is 0 Å². The predicted molar refractivity (Wildman–Crippen MR) is 57.8 cm³/mol. The van der Waals surface area contributed by atoms with Crippen molar-refractivity contribution in [2.45, 2.75) is 0 Å². The molecular weight excluding hydrogens is 318 g/mol. The Balaban J connectivity index is -0.0000000164. The van der Waals surface area contributed by atoms with Gasteiger partial charge in [-0.25, -0.2) is 0 Å². The van der Waals surface area contributed by atoms with Crippen LogP contribution in [0, 0.1) is 5.53 Å². The second kappa shape index (κ2) is 136. The molecule has 0 amide bonds. The van der Waals surface area contributed by atoms with Gasteiger partial charge in [0.1, 0.15) is 0 Å². The van der Waals surface area contributed by atoms with Gasteiger partial charge in [-0.3, -0.25) is 14.7 Å². The molecule has 0 saturated carbocycles. The van der Waals surface area contributed by atoms with E-state index in [-0.39, 0.29) is 68.2 Å². The van der Waals surface area contributed by atoms with Gasteiger partial charge in [0.15, 0.2) is 0 Å². The quantitative estimate of drug-likeness (QED) is 0.245. The maximum absolute atomic E-state index is 6.86. The summed E-state index contributed by atoms with van der Waals surface area (Å²) in [4.78, 5) is 6.25. The van der Waals surface area contributed by atoms with Crippen molar-refractivity contribution in [1.82, 2.24) is 0 Å². The minimum atomic E-state index is 0. The molecule has 0 aliphatic rings. The summed E-state index contributed by atoms with van der Waals surface area (Å²) < 4.78 is 0. The molecule has 0 saturated heterocycles. The predicted octanol–water partition coefficient (Wildman–Crippen LogP) is -0.621. The number of rotatable bonds is 1. The van der Waals surface area contributed by atoms with E-state index in [4.69, 9.17) is 55.7 Å². The van der Waals surface area contributed by atoms with Crippen molar-refractivity contribution < 1.29 is 68.2 Å². The van der Waals surface area contributed by atoms with Crippen LogP contribution < -0.4 is 62.9 Å². The molecule has 0 bridgehead atoms. The van der Waals surface area contributed by atoms with E-state index in [1.165, 1.54) is 14.7 Å². The van der Waals surface area contributed by atoms with Crippen molar-refractivity contribution in [1.29, 1.82) is 5.53 Å². The SMILES string of the molecule is NCCN.[Co+3].[K+].[N-]=[N+]=N.[N-]=[N+]=[N-].[N-]=[N+]=[N-].[N-]=[N+]=[N-]. The van der Waals surface area contributed by atoms with Gasteiger partial charge in [-0.15, -0.1) is 5.53 Å². The average molecular weight is 327 g/mol. The van der Waals surface area contributed by atoms with E-state index in [1.54, 1.807) is 4.91 Å². The third-order valence-corrected chi connectivity index (χ3v) is 0.167. The molecule has 96 valence electrons.